The number of rotatable bonds is 4. The van der Waals surface area contributed by atoms with E-state index in [4.69, 9.17) is 9.47 Å². The topological polar surface area (TPSA) is 128 Å². The van der Waals surface area contributed by atoms with Gasteiger partial charge in [-0.1, -0.05) is 0 Å². The molecule has 0 aromatic rings. The number of thioether (sulfide) groups is 2. The van der Waals surface area contributed by atoms with E-state index in [2.05, 4.69) is 0 Å². The molecule has 9 nitrogen and oxygen atoms in total. The van der Waals surface area contributed by atoms with Gasteiger partial charge in [0.1, 0.15) is 16.1 Å². The van der Waals surface area contributed by atoms with Gasteiger partial charge in [0.05, 0.1) is 17.5 Å². The van der Waals surface area contributed by atoms with E-state index in [0.717, 1.165) is 23.5 Å². The summed E-state index contributed by atoms with van der Waals surface area (Å²) in [7, 11) is 0. The number of carbonyl (C=O) groups is 5. The van der Waals surface area contributed by atoms with Crippen molar-refractivity contribution >= 4 is 53.3 Å². The number of carbonyl (C=O) groups excluding carboxylic acids is 5. The molecule has 2 fully saturated rings. The van der Waals surface area contributed by atoms with Gasteiger partial charge >= 0.3 is 18.0 Å². The van der Waals surface area contributed by atoms with Gasteiger partial charge in [-0.2, -0.15) is 0 Å². The van der Waals surface area contributed by atoms with E-state index in [1.54, 1.807) is 13.8 Å². The lowest BCUT2D eigenvalue weighted by molar-refractivity contribution is -0.148. The lowest BCUT2D eigenvalue weighted by Gasteiger charge is -2.15. The monoisotopic (exact) mass is 374 g/mol. The van der Waals surface area contributed by atoms with Crippen LogP contribution in [0.15, 0.2) is 9.81 Å². The minimum Gasteiger partial charge on any atom is -0.465 e. The largest absolute Gasteiger partial charge is 0.465 e. The highest BCUT2D eigenvalue weighted by molar-refractivity contribution is 8.26. The highest BCUT2D eigenvalue weighted by Gasteiger charge is 2.47. The van der Waals surface area contributed by atoms with Crippen molar-refractivity contribution < 1.29 is 33.4 Å². The average Bonchev–Trinajstić information content (AvgIpc) is 2.91. The molecular formula is C13H14N2O7S2. The van der Waals surface area contributed by atoms with Crippen LogP contribution in [0.4, 0.5) is 4.79 Å². The van der Waals surface area contributed by atoms with Crippen LogP contribution in [0.3, 0.4) is 0 Å². The maximum atomic E-state index is 12.1. The molecule has 2 heterocycles. The molecule has 2 aliphatic heterocycles. The van der Waals surface area contributed by atoms with E-state index in [1.165, 1.54) is 0 Å². The van der Waals surface area contributed by atoms with Gasteiger partial charge in [-0.05, 0) is 13.8 Å². The van der Waals surface area contributed by atoms with Gasteiger partial charge in [-0.15, -0.1) is 23.5 Å². The summed E-state index contributed by atoms with van der Waals surface area (Å²) >= 11 is 1.74. The summed E-state index contributed by atoms with van der Waals surface area (Å²) in [5, 5.41) is 2.00. The van der Waals surface area contributed by atoms with Crippen molar-refractivity contribution in [2.45, 2.75) is 24.3 Å². The molecule has 2 N–H and O–H groups in total. The Labute approximate surface area is 145 Å². The fourth-order valence-corrected chi connectivity index (χ4v) is 4.99. The Hall–Kier alpha value is -2.01. The minimum absolute atomic E-state index is 0.123. The predicted octanol–water partition coefficient (Wildman–Crippen LogP) is -0.0926. The Kier molecular flexibility index (Phi) is 5.89. The van der Waals surface area contributed by atoms with Crippen molar-refractivity contribution in [2.24, 2.45) is 0 Å². The zero-order valence-electron chi connectivity index (χ0n) is 12.7. The molecule has 24 heavy (non-hydrogen) atoms. The van der Waals surface area contributed by atoms with Gasteiger partial charge in [0, 0.05) is 0 Å². The predicted molar refractivity (Wildman–Crippen MR) is 84.7 cm³/mol. The van der Waals surface area contributed by atoms with E-state index in [1.807, 2.05) is 10.6 Å². The molecule has 11 heteroatoms. The Morgan fingerprint density at radius 3 is 1.71 bits per heavy atom. The summed E-state index contributed by atoms with van der Waals surface area (Å²) in [6, 6.07) is -0.925. The van der Waals surface area contributed by atoms with Crippen LogP contribution in [0.5, 0.6) is 0 Å². The minimum atomic E-state index is -0.949. The van der Waals surface area contributed by atoms with Crippen molar-refractivity contribution in [1.82, 2.24) is 10.6 Å². The molecule has 0 aromatic carbocycles. The first-order chi connectivity index (χ1) is 11.4. The maximum absolute atomic E-state index is 12.1. The summed E-state index contributed by atoms with van der Waals surface area (Å²) in [4.78, 5) is 59.0. The zero-order chi connectivity index (χ0) is 17.9. The molecule has 130 valence electrons. The third-order valence-electron chi connectivity index (χ3n) is 2.89. The molecular weight excluding hydrogens is 360 g/mol. The van der Waals surface area contributed by atoms with Crippen molar-refractivity contribution in [3.8, 4) is 0 Å². The van der Waals surface area contributed by atoms with Crippen molar-refractivity contribution in [1.29, 1.82) is 0 Å². The highest BCUT2D eigenvalue weighted by Crippen LogP contribution is 2.49. The number of esters is 2. The number of barbiturate groups is 1. The third-order valence-corrected chi connectivity index (χ3v) is 5.92. The smallest absolute Gasteiger partial charge is 0.328 e. The van der Waals surface area contributed by atoms with Crippen LogP contribution in [0.1, 0.15) is 13.8 Å². The summed E-state index contributed by atoms with van der Waals surface area (Å²) in [5.41, 5.74) is -0.314. The quantitative estimate of drug-likeness (QED) is 0.394. The molecule has 2 saturated heterocycles. The zero-order valence-corrected chi connectivity index (χ0v) is 14.4. The summed E-state index contributed by atoms with van der Waals surface area (Å²) in [6.07, 6.45) is 0. The Bertz CT molecular complexity index is 596. The maximum Gasteiger partial charge on any atom is 0.328 e. The molecule has 0 saturated carbocycles. The molecule has 2 atom stereocenters. The van der Waals surface area contributed by atoms with Gasteiger partial charge in [0.25, 0.3) is 11.8 Å². The fourth-order valence-electron chi connectivity index (χ4n) is 1.94. The van der Waals surface area contributed by atoms with Crippen LogP contribution in [-0.2, 0) is 28.7 Å². The lowest BCUT2D eigenvalue weighted by Crippen LogP contribution is -2.51. The first kappa shape index (κ1) is 18.3. The number of ether oxygens (including phenoxy) is 2. The number of hydrogen-bond donors (Lipinski definition) is 2. The normalized spacial score (nSPS) is 23.7. The van der Waals surface area contributed by atoms with Gasteiger partial charge in [-0.25, -0.2) is 4.79 Å². The summed E-state index contributed by atoms with van der Waals surface area (Å²) in [6.45, 7) is 3.49. The SMILES string of the molecule is CCOC(=O)[C@H]1SC(=C2C(=O)NC(=O)NC2=O)S[C@@H]1C(=O)OCC. The van der Waals surface area contributed by atoms with Gasteiger partial charge in [0.15, 0.2) is 0 Å². The average molecular weight is 374 g/mol. The highest BCUT2D eigenvalue weighted by atomic mass is 32.2. The molecule has 4 amide bonds. The molecule has 0 aromatic heterocycles. The number of hydrogen-bond acceptors (Lipinski definition) is 9. The van der Waals surface area contributed by atoms with E-state index in [0.29, 0.717) is 0 Å². The fraction of sp³-hybridized carbons (Fsp3) is 0.462. The number of nitrogens with one attached hydrogen (secondary N) is 2. The molecule has 0 bridgehead atoms. The second kappa shape index (κ2) is 7.71. The van der Waals surface area contributed by atoms with E-state index in [9.17, 15) is 24.0 Å². The van der Waals surface area contributed by atoms with Gasteiger partial charge in [0.2, 0.25) is 0 Å². The Morgan fingerprint density at radius 2 is 1.33 bits per heavy atom. The van der Waals surface area contributed by atoms with Crippen LogP contribution in [0, 0.1) is 0 Å². The first-order valence-electron chi connectivity index (χ1n) is 6.96. The Morgan fingerprint density at radius 1 is 0.917 bits per heavy atom. The third kappa shape index (κ3) is 3.73. The molecule has 2 aliphatic rings. The van der Waals surface area contributed by atoms with Crippen LogP contribution in [0.2, 0.25) is 0 Å². The second-order valence-electron chi connectivity index (χ2n) is 4.48. The lowest BCUT2D eigenvalue weighted by atomic mass is 10.2. The van der Waals surface area contributed by atoms with Crippen molar-refractivity contribution in [2.75, 3.05) is 13.2 Å². The van der Waals surface area contributed by atoms with E-state index >= 15 is 0 Å². The first-order valence-corrected chi connectivity index (χ1v) is 8.72. The molecule has 0 radical (unpaired) electrons. The Balaban J connectivity index is 2.33. The van der Waals surface area contributed by atoms with Crippen LogP contribution in [-0.4, -0.2) is 53.5 Å². The number of urea groups is 1. The van der Waals surface area contributed by atoms with Crippen molar-refractivity contribution in [3.63, 3.8) is 0 Å². The molecule has 2 rings (SSSR count). The van der Waals surface area contributed by atoms with Crippen LogP contribution in [0.25, 0.3) is 0 Å². The summed E-state index contributed by atoms with van der Waals surface area (Å²) < 4.78 is 10.0. The van der Waals surface area contributed by atoms with Crippen LogP contribution < -0.4 is 10.6 Å². The second-order valence-corrected chi connectivity index (χ2v) is 7.04. The number of imide groups is 2. The van der Waals surface area contributed by atoms with Crippen molar-refractivity contribution in [3.05, 3.63) is 9.81 Å². The number of amides is 4. The standard InChI is InChI=1S/C13H14N2O7S2/c1-3-21-10(18)6-7(11(19)22-4-2)24-12(23-6)5-8(16)14-13(20)15-9(5)17/h6-7H,3-4H2,1-2H3,(H2,14,15,16,17,20)/t6-,7-/m0/s1. The van der Waals surface area contributed by atoms with Crippen LogP contribution >= 0.6 is 23.5 Å². The van der Waals surface area contributed by atoms with E-state index in [-0.39, 0.29) is 23.0 Å². The molecule has 0 spiro atoms. The van der Waals surface area contributed by atoms with E-state index < -0.39 is 40.3 Å². The molecule has 0 unspecified atom stereocenters. The molecule has 0 aliphatic carbocycles. The van der Waals surface area contributed by atoms with Gasteiger partial charge < -0.3 is 9.47 Å². The summed E-state index contributed by atoms with van der Waals surface area (Å²) in [5.74, 6) is -3.05. The van der Waals surface area contributed by atoms with Gasteiger partial charge in [-0.3, -0.25) is 29.8 Å².